The Hall–Kier alpha value is -2.96. The molecule has 1 amide bonds. The van der Waals surface area contributed by atoms with Gasteiger partial charge in [0.1, 0.15) is 5.82 Å². The first-order valence-corrected chi connectivity index (χ1v) is 9.95. The zero-order chi connectivity index (χ0) is 20.8. The lowest BCUT2D eigenvalue weighted by Crippen LogP contribution is -2.39. The number of aromatic nitrogens is 1. The second-order valence-electron chi connectivity index (χ2n) is 7.02. The summed E-state index contributed by atoms with van der Waals surface area (Å²) in [5.41, 5.74) is 1.04. The van der Waals surface area contributed by atoms with Gasteiger partial charge in [-0.15, -0.1) is 0 Å². The second kappa shape index (κ2) is 9.49. The number of rotatable bonds is 7. The molecule has 1 N–H and O–H groups in total. The summed E-state index contributed by atoms with van der Waals surface area (Å²) in [5, 5.41) is 2.87. The minimum absolute atomic E-state index is 0.246. The molecular formula is C22H29N3O4. The van der Waals surface area contributed by atoms with E-state index in [1.807, 2.05) is 12.1 Å². The first-order valence-electron chi connectivity index (χ1n) is 9.95. The summed E-state index contributed by atoms with van der Waals surface area (Å²) >= 11 is 0. The zero-order valence-corrected chi connectivity index (χ0v) is 17.5. The van der Waals surface area contributed by atoms with Crippen LogP contribution in [-0.4, -0.2) is 44.8 Å². The van der Waals surface area contributed by atoms with Crippen LogP contribution < -0.4 is 24.4 Å². The third kappa shape index (κ3) is 4.55. The molecule has 0 bridgehead atoms. The highest BCUT2D eigenvalue weighted by molar-refractivity contribution is 6.04. The first-order chi connectivity index (χ1) is 14.1. The van der Waals surface area contributed by atoms with Crippen LogP contribution in [0.25, 0.3) is 0 Å². The van der Waals surface area contributed by atoms with Crippen molar-refractivity contribution < 1.29 is 19.0 Å². The Morgan fingerprint density at radius 2 is 1.86 bits per heavy atom. The van der Waals surface area contributed by atoms with Gasteiger partial charge in [0.2, 0.25) is 5.75 Å². The van der Waals surface area contributed by atoms with Crippen LogP contribution in [0.3, 0.4) is 0 Å². The summed E-state index contributed by atoms with van der Waals surface area (Å²) in [7, 11) is 4.61. The molecule has 0 spiro atoms. The van der Waals surface area contributed by atoms with Crippen LogP contribution in [0.2, 0.25) is 0 Å². The number of carbonyl (C=O) groups is 1. The van der Waals surface area contributed by atoms with Crippen LogP contribution >= 0.6 is 0 Å². The Labute approximate surface area is 172 Å². The fourth-order valence-corrected chi connectivity index (χ4v) is 3.77. The molecule has 1 aliphatic heterocycles. The van der Waals surface area contributed by atoms with Crippen molar-refractivity contribution in [2.24, 2.45) is 0 Å². The highest BCUT2D eigenvalue weighted by Gasteiger charge is 2.22. The van der Waals surface area contributed by atoms with Gasteiger partial charge in [-0.3, -0.25) is 4.79 Å². The number of nitrogens with zero attached hydrogens (tertiary/aromatic N) is 2. The Bertz CT molecular complexity index is 813. The van der Waals surface area contributed by atoms with Crippen molar-refractivity contribution >= 4 is 17.4 Å². The van der Waals surface area contributed by atoms with E-state index in [0.717, 1.165) is 18.8 Å². The maximum absolute atomic E-state index is 12.7. The number of amides is 1. The number of methoxy groups -OCH3 is 3. The van der Waals surface area contributed by atoms with Crippen molar-refractivity contribution in [3.05, 3.63) is 36.0 Å². The summed E-state index contributed by atoms with van der Waals surface area (Å²) in [6.07, 6.45) is 6.38. The lowest BCUT2D eigenvalue weighted by atomic mass is 10.00. The van der Waals surface area contributed by atoms with E-state index >= 15 is 0 Å². The Balaban J connectivity index is 1.76. The number of anilines is 2. The molecule has 0 radical (unpaired) electrons. The van der Waals surface area contributed by atoms with Crippen LogP contribution in [0.15, 0.2) is 30.5 Å². The van der Waals surface area contributed by atoms with Gasteiger partial charge in [0.05, 0.1) is 26.9 Å². The predicted octanol–water partition coefficient (Wildman–Crippen LogP) is 4.13. The fourth-order valence-electron chi connectivity index (χ4n) is 3.77. The number of carbonyl (C=O) groups excluding carboxylic acids is 1. The molecule has 0 aliphatic carbocycles. The lowest BCUT2D eigenvalue weighted by molar-refractivity contribution is 0.102. The largest absolute Gasteiger partial charge is 0.493 e. The molecule has 7 nitrogen and oxygen atoms in total. The van der Waals surface area contributed by atoms with Gasteiger partial charge in [0, 0.05) is 36.6 Å². The minimum atomic E-state index is -0.246. The highest BCUT2D eigenvalue weighted by atomic mass is 16.5. The van der Waals surface area contributed by atoms with Gasteiger partial charge >= 0.3 is 0 Å². The minimum Gasteiger partial charge on any atom is -0.493 e. The van der Waals surface area contributed by atoms with Gasteiger partial charge in [-0.1, -0.05) is 6.92 Å². The van der Waals surface area contributed by atoms with Gasteiger partial charge in [-0.05, 0) is 37.8 Å². The van der Waals surface area contributed by atoms with Crippen molar-refractivity contribution in [3.63, 3.8) is 0 Å². The molecule has 29 heavy (non-hydrogen) atoms. The Morgan fingerprint density at radius 3 is 2.41 bits per heavy atom. The zero-order valence-electron chi connectivity index (χ0n) is 17.5. The smallest absolute Gasteiger partial charge is 0.257 e. The van der Waals surface area contributed by atoms with E-state index in [1.165, 1.54) is 40.6 Å². The molecule has 156 valence electrons. The molecule has 1 unspecified atom stereocenters. The number of benzene rings is 1. The van der Waals surface area contributed by atoms with Gasteiger partial charge in [0.15, 0.2) is 11.5 Å². The highest BCUT2D eigenvalue weighted by Crippen LogP contribution is 2.40. The maximum atomic E-state index is 12.7. The van der Waals surface area contributed by atoms with Gasteiger partial charge in [-0.25, -0.2) is 4.98 Å². The number of hydrogen-bond acceptors (Lipinski definition) is 6. The summed E-state index contributed by atoms with van der Waals surface area (Å²) in [6.45, 7) is 3.23. The quantitative estimate of drug-likeness (QED) is 0.755. The predicted molar refractivity (Wildman–Crippen MR) is 114 cm³/mol. The lowest BCUT2D eigenvalue weighted by Gasteiger charge is -2.36. The number of pyridine rings is 1. The molecule has 1 aromatic heterocycles. The third-order valence-electron chi connectivity index (χ3n) is 5.33. The molecule has 1 atom stereocenters. The summed E-state index contributed by atoms with van der Waals surface area (Å²) in [5.74, 6) is 2.12. The average Bonchev–Trinajstić information content (AvgIpc) is 2.78. The van der Waals surface area contributed by atoms with E-state index in [0.29, 0.717) is 34.5 Å². The number of piperidine rings is 1. The summed E-state index contributed by atoms with van der Waals surface area (Å²) in [6, 6.07) is 7.66. The Kier molecular flexibility index (Phi) is 6.80. The van der Waals surface area contributed by atoms with Crippen LogP contribution in [-0.2, 0) is 0 Å². The van der Waals surface area contributed by atoms with Gasteiger partial charge in [-0.2, -0.15) is 0 Å². The van der Waals surface area contributed by atoms with E-state index in [1.54, 1.807) is 18.3 Å². The molecule has 3 rings (SSSR count). The van der Waals surface area contributed by atoms with E-state index < -0.39 is 0 Å². The first kappa shape index (κ1) is 20.8. The van der Waals surface area contributed by atoms with Crippen molar-refractivity contribution in [1.82, 2.24) is 4.98 Å². The van der Waals surface area contributed by atoms with Gasteiger partial charge in [0.25, 0.3) is 5.91 Å². The van der Waals surface area contributed by atoms with Crippen molar-refractivity contribution in [2.45, 2.75) is 38.6 Å². The monoisotopic (exact) mass is 399 g/mol. The SMILES string of the molecule is CCC1CCCCN1c1ccc(C(=O)Nc2cc(OC)c(OC)c(OC)c2)cn1. The Morgan fingerprint density at radius 1 is 1.14 bits per heavy atom. The van der Waals surface area contributed by atoms with E-state index in [2.05, 4.69) is 22.1 Å². The van der Waals surface area contributed by atoms with E-state index in [-0.39, 0.29) is 5.91 Å². The third-order valence-corrected chi connectivity index (χ3v) is 5.33. The number of hydrogen-bond donors (Lipinski definition) is 1. The molecule has 1 saturated heterocycles. The summed E-state index contributed by atoms with van der Waals surface area (Å²) < 4.78 is 16.0. The maximum Gasteiger partial charge on any atom is 0.257 e. The molecule has 2 aromatic rings. The normalized spacial score (nSPS) is 16.3. The molecule has 2 heterocycles. The van der Waals surface area contributed by atoms with Crippen LogP contribution in [0, 0.1) is 0 Å². The molecule has 1 fully saturated rings. The van der Waals surface area contributed by atoms with Crippen LogP contribution in [0.1, 0.15) is 43.0 Å². The number of nitrogens with one attached hydrogen (secondary N) is 1. The van der Waals surface area contributed by atoms with Crippen LogP contribution in [0.5, 0.6) is 17.2 Å². The molecular weight excluding hydrogens is 370 g/mol. The van der Waals surface area contributed by atoms with Crippen molar-refractivity contribution in [3.8, 4) is 17.2 Å². The topological polar surface area (TPSA) is 72.9 Å². The molecule has 1 aliphatic rings. The van der Waals surface area contributed by atoms with Gasteiger partial charge < -0.3 is 24.4 Å². The summed E-state index contributed by atoms with van der Waals surface area (Å²) in [4.78, 5) is 19.6. The van der Waals surface area contributed by atoms with E-state index in [9.17, 15) is 4.79 Å². The van der Waals surface area contributed by atoms with Crippen molar-refractivity contribution in [2.75, 3.05) is 38.1 Å². The standard InChI is InChI=1S/C22H29N3O4/c1-5-17-8-6-7-11-25(17)20-10-9-15(14-23-20)22(26)24-16-12-18(27-2)21(29-4)19(13-16)28-3/h9-10,12-14,17H,5-8,11H2,1-4H3,(H,24,26). The van der Waals surface area contributed by atoms with E-state index in [4.69, 9.17) is 14.2 Å². The molecule has 7 heteroatoms. The fraction of sp³-hybridized carbons (Fsp3) is 0.455. The van der Waals surface area contributed by atoms with Crippen molar-refractivity contribution in [1.29, 1.82) is 0 Å². The molecule has 0 saturated carbocycles. The van der Waals surface area contributed by atoms with Crippen LogP contribution in [0.4, 0.5) is 11.5 Å². The molecule has 1 aromatic carbocycles. The average molecular weight is 399 g/mol. The second-order valence-corrected chi connectivity index (χ2v) is 7.02. The number of ether oxygens (including phenoxy) is 3.